The van der Waals surface area contributed by atoms with E-state index in [1.165, 1.54) is 6.21 Å². The van der Waals surface area contributed by atoms with Crippen LogP contribution in [0.4, 0.5) is 0 Å². The molecule has 0 fully saturated rings. The summed E-state index contributed by atoms with van der Waals surface area (Å²) in [5, 5.41) is 6.88. The van der Waals surface area contributed by atoms with Gasteiger partial charge in [-0.25, -0.2) is 5.43 Å². The molecule has 4 aromatic rings. The monoisotopic (exact) mass is 488 g/mol. The highest BCUT2D eigenvalue weighted by molar-refractivity contribution is 6.30. The maximum atomic E-state index is 12.4. The molecule has 7 heteroatoms. The van der Waals surface area contributed by atoms with Crippen molar-refractivity contribution in [1.29, 1.82) is 0 Å². The lowest BCUT2D eigenvalue weighted by Crippen LogP contribution is -2.33. The van der Waals surface area contributed by atoms with E-state index in [1.807, 2.05) is 72.8 Å². The minimum atomic E-state index is -0.716. The Balaban J connectivity index is 1.32. The fourth-order valence-corrected chi connectivity index (χ4v) is 3.51. The van der Waals surface area contributed by atoms with Gasteiger partial charge in [0.15, 0.2) is 17.6 Å². The molecular formula is C28H25ClN2O4. The Morgan fingerprint density at radius 2 is 1.74 bits per heavy atom. The lowest BCUT2D eigenvalue weighted by Gasteiger charge is -2.13. The summed E-state index contributed by atoms with van der Waals surface area (Å²) in [4.78, 5) is 12.4. The van der Waals surface area contributed by atoms with Crippen LogP contribution in [-0.4, -0.2) is 25.3 Å². The Kier molecular flexibility index (Phi) is 7.85. The molecule has 1 amide bonds. The predicted molar refractivity (Wildman–Crippen MR) is 139 cm³/mol. The Morgan fingerprint density at radius 3 is 2.51 bits per heavy atom. The van der Waals surface area contributed by atoms with Gasteiger partial charge in [-0.3, -0.25) is 4.79 Å². The first-order chi connectivity index (χ1) is 17.0. The Bertz CT molecular complexity index is 1340. The summed E-state index contributed by atoms with van der Waals surface area (Å²) in [5.74, 6) is 1.42. The van der Waals surface area contributed by atoms with Crippen molar-refractivity contribution in [1.82, 2.24) is 5.43 Å². The molecule has 6 nitrogen and oxygen atoms in total. The number of hydrogen-bond donors (Lipinski definition) is 1. The van der Waals surface area contributed by atoms with Gasteiger partial charge >= 0.3 is 0 Å². The van der Waals surface area contributed by atoms with E-state index in [0.29, 0.717) is 28.9 Å². The summed E-state index contributed by atoms with van der Waals surface area (Å²) in [6, 6.07) is 26.5. The Labute approximate surface area is 209 Å². The number of nitrogens with one attached hydrogen (secondary N) is 1. The van der Waals surface area contributed by atoms with Crippen molar-refractivity contribution < 1.29 is 19.0 Å². The van der Waals surface area contributed by atoms with Crippen molar-refractivity contribution in [3.05, 3.63) is 101 Å². The van der Waals surface area contributed by atoms with E-state index in [2.05, 4.69) is 10.5 Å². The van der Waals surface area contributed by atoms with Crippen molar-refractivity contribution in [3.63, 3.8) is 0 Å². The van der Waals surface area contributed by atoms with E-state index in [9.17, 15) is 4.79 Å². The zero-order chi connectivity index (χ0) is 24.6. The van der Waals surface area contributed by atoms with Crippen molar-refractivity contribution >= 4 is 34.5 Å². The first-order valence-corrected chi connectivity index (χ1v) is 11.4. The van der Waals surface area contributed by atoms with E-state index in [0.717, 1.165) is 21.9 Å². The van der Waals surface area contributed by atoms with Gasteiger partial charge in [-0.1, -0.05) is 54.1 Å². The number of hydrogen-bond acceptors (Lipinski definition) is 5. The minimum absolute atomic E-state index is 0.357. The fourth-order valence-electron chi connectivity index (χ4n) is 3.39. The van der Waals surface area contributed by atoms with E-state index in [-0.39, 0.29) is 5.91 Å². The highest BCUT2D eigenvalue weighted by Gasteiger charge is 2.14. The van der Waals surface area contributed by atoms with E-state index < -0.39 is 6.10 Å². The molecule has 0 aromatic heterocycles. The molecule has 0 bridgehead atoms. The number of ether oxygens (including phenoxy) is 3. The molecule has 0 aliphatic rings. The van der Waals surface area contributed by atoms with Crippen LogP contribution in [0.1, 0.15) is 18.1 Å². The van der Waals surface area contributed by atoms with Crippen molar-refractivity contribution in [2.24, 2.45) is 5.10 Å². The molecule has 0 saturated heterocycles. The number of carbonyl (C=O) groups is 1. The molecule has 0 aliphatic carbocycles. The highest BCUT2D eigenvalue weighted by Crippen LogP contribution is 2.28. The molecule has 0 heterocycles. The van der Waals surface area contributed by atoms with Gasteiger partial charge in [-0.05, 0) is 71.3 Å². The molecule has 0 aliphatic heterocycles. The van der Waals surface area contributed by atoms with Crippen LogP contribution >= 0.6 is 11.6 Å². The number of carbonyl (C=O) groups excluding carboxylic acids is 1. The third-order valence-corrected chi connectivity index (χ3v) is 5.54. The summed E-state index contributed by atoms with van der Waals surface area (Å²) in [7, 11) is 1.57. The molecule has 4 aromatic carbocycles. The SMILES string of the molecule is COc1cc(/C=N\NC(=O)[C@@H](C)Oc2ccc3ccccc3c2)ccc1OCc1ccc(Cl)cc1. The van der Waals surface area contributed by atoms with E-state index in [4.69, 9.17) is 25.8 Å². The van der Waals surface area contributed by atoms with Crippen LogP contribution in [-0.2, 0) is 11.4 Å². The quantitative estimate of drug-likeness (QED) is 0.232. The fraction of sp³-hybridized carbons (Fsp3) is 0.143. The topological polar surface area (TPSA) is 69.2 Å². The molecule has 4 rings (SSSR count). The average Bonchev–Trinajstić information content (AvgIpc) is 2.88. The van der Waals surface area contributed by atoms with Gasteiger partial charge in [0.1, 0.15) is 12.4 Å². The molecule has 0 unspecified atom stereocenters. The first kappa shape index (κ1) is 24.1. The third-order valence-electron chi connectivity index (χ3n) is 5.29. The second kappa shape index (κ2) is 11.4. The molecule has 1 atom stereocenters. The van der Waals surface area contributed by atoms with Gasteiger partial charge in [-0.2, -0.15) is 5.10 Å². The van der Waals surface area contributed by atoms with Gasteiger partial charge in [0.25, 0.3) is 5.91 Å². The molecule has 178 valence electrons. The zero-order valence-electron chi connectivity index (χ0n) is 19.4. The number of benzene rings is 4. The summed E-state index contributed by atoms with van der Waals surface area (Å²) in [5.41, 5.74) is 4.24. The summed E-state index contributed by atoms with van der Waals surface area (Å²) < 4.78 is 17.1. The zero-order valence-corrected chi connectivity index (χ0v) is 20.2. The highest BCUT2D eigenvalue weighted by atomic mass is 35.5. The Hall–Kier alpha value is -4.03. The normalized spacial score (nSPS) is 11.9. The second-order valence-corrected chi connectivity index (χ2v) is 8.27. The van der Waals surface area contributed by atoms with Crippen LogP contribution < -0.4 is 19.6 Å². The summed E-state index contributed by atoms with van der Waals surface area (Å²) >= 11 is 5.92. The van der Waals surface area contributed by atoms with E-state index >= 15 is 0 Å². The van der Waals surface area contributed by atoms with Crippen molar-refractivity contribution in [2.75, 3.05) is 7.11 Å². The third kappa shape index (κ3) is 6.52. The second-order valence-electron chi connectivity index (χ2n) is 7.83. The first-order valence-electron chi connectivity index (χ1n) is 11.1. The average molecular weight is 489 g/mol. The van der Waals surface area contributed by atoms with Gasteiger partial charge < -0.3 is 14.2 Å². The molecule has 0 saturated carbocycles. The van der Waals surface area contributed by atoms with Crippen LogP contribution in [0, 0.1) is 0 Å². The summed E-state index contributed by atoms with van der Waals surface area (Å²) in [6.07, 6.45) is 0.818. The van der Waals surface area contributed by atoms with Gasteiger partial charge in [-0.15, -0.1) is 0 Å². The van der Waals surface area contributed by atoms with Gasteiger partial charge in [0.05, 0.1) is 13.3 Å². The van der Waals surface area contributed by atoms with Crippen LogP contribution in [0.5, 0.6) is 17.2 Å². The largest absolute Gasteiger partial charge is 0.493 e. The molecule has 1 N–H and O–H groups in total. The molecule has 0 spiro atoms. The number of amides is 1. The van der Waals surface area contributed by atoms with Crippen LogP contribution in [0.3, 0.4) is 0 Å². The number of hydrazone groups is 1. The number of halogens is 1. The van der Waals surface area contributed by atoms with Gasteiger partial charge in [0.2, 0.25) is 0 Å². The lowest BCUT2D eigenvalue weighted by atomic mass is 10.1. The van der Waals surface area contributed by atoms with Crippen LogP contribution in [0.15, 0.2) is 90.0 Å². The lowest BCUT2D eigenvalue weighted by molar-refractivity contribution is -0.127. The van der Waals surface area contributed by atoms with Crippen LogP contribution in [0.25, 0.3) is 10.8 Å². The van der Waals surface area contributed by atoms with Crippen LogP contribution in [0.2, 0.25) is 5.02 Å². The predicted octanol–water partition coefficient (Wildman–Crippen LogP) is 6.00. The standard InChI is InChI=1S/C28H25ClN2O4/c1-19(35-25-13-10-22-5-3-4-6-23(22)16-25)28(32)31-30-17-21-9-14-26(27(15-21)33-2)34-18-20-7-11-24(29)12-8-20/h3-17,19H,18H2,1-2H3,(H,31,32)/b30-17-/t19-/m1/s1. The number of rotatable bonds is 9. The minimum Gasteiger partial charge on any atom is -0.493 e. The van der Waals surface area contributed by atoms with Crippen molar-refractivity contribution in [2.45, 2.75) is 19.6 Å². The maximum Gasteiger partial charge on any atom is 0.280 e. The maximum absolute atomic E-state index is 12.4. The molecule has 0 radical (unpaired) electrons. The smallest absolute Gasteiger partial charge is 0.280 e. The number of fused-ring (bicyclic) bond motifs is 1. The van der Waals surface area contributed by atoms with E-state index in [1.54, 1.807) is 26.2 Å². The summed E-state index contributed by atoms with van der Waals surface area (Å²) in [6.45, 7) is 2.06. The Morgan fingerprint density at radius 1 is 0.971 bits per heavy atom. The van der Waals surface area contributed by atoms with Gasteiger partial charge in [0, 0.05) is 5.02 Å². The number of methoxy groups -OCH3 is 1. The molecular weight excluding hydrogens is 464 g/mol. The molecule has 35 heavy (non-hydrogen) atoms. The van der Waals surface area contributed by atoms with Crippen molar-refractivity contribution in [3.8, 4) is 17.2 Å². The number of nitrogens with zero attached hydrogens (tertiary/aromatic N) is 1.